The normalized spacial score (nSPS) is 19.1. The molecule has 0 aromatic heterocycles. The third kappa shape index (κ3) is 4.19. The highest BCUT2D eigenvalue weighted by molar-refractivity contribution is 5.68. The van der Waals surface area contributed by atoms with Crippen LogP contribution in [0.15, 0.2) is 0 Å². The Morgan fingerprint density at radius 2 is 1.94 bits per heavy atom. The summed E-state index contributed by atoms with van der Waals surface area (Å²) in [5.74, 6) is 0.414. The monoisotopic (exact) mass is 243 g/mol. The van der Waals surface area contributed by atoms with Crippen molar-refractivity contribution < 1.29 is 14.6 Å². The summed E-state index contributed by atoms with van der Waals surface area (Å²) in [6.07, 6.45) is 4.24. The van der Waals surface area contributed by atoms with Crippen molar-refractivity contribution in [1.29, 1.82) is 0 Å². The lowest BCUT2D eigenvalue weighted by Crippen LogP contribution is -2.45. The van der Waals surface area contributed by atoms with Gasteiger partial charge >= 0.3 is 6.09 Å². The predicted molar refractivity (Wildman–Crippen MR) is 66.8 cm³/mol. The van der Waals surface area contributed by atoms with E-state index in [1.54, 1.807) is 11.9 Å². The quantitative estimate of drug-likeness (QED) is 0.828. The zero-order valence-electron chi connectivity index (χ0n) is 11.4. The Morgan fingerprint density at radius 1 is 1.41 bits per heavy atom. The zero-order valence-corrected chi connectivity index (χ0v) is 11.4. The van der Waals surface area contributed by atoms with Crippen molar-refractivity contribution in [3.8, 4) is 0 Å². The molecular formula is C13H25NO3. The first kappa shape index (κ1) is 14.3. The van der Waals surface area contributed by atoms with E-state index >= 15 is 0 Å². The molecule has 1 amide bonds. The van der Waals surface area contributed by atoms with Gasteiger partial charge in [-0.15, -0.1) is 0 Å². The summed E-state index contributed by atoms with van der Waals surface area (Å²) in [7, 11) is 1.72. The first-order valence-corrected chi connectivity index (χ1v) is 6.42. The van der Waals surface area contributed by atoms with E-state index in [1.807, 2.05) is 20.8 Å². The van der Waals surface area contributed by atoms with Crippen molar-refractivity contribution in [3.05, 3.63) is 0 Å². The average Bonchev–Trinajstić information content (AvgIpc) is 2.69. The minimum absolute atomic E-state index is 0.0143. The molecule has 17 heavy (non-hydrogen) atoms. The van der Waals surface area contributed by atoms with Crippen molar-refractivity contribution in [2.75, 3.05) is 13.7 Å². The van der Waals surface area contributed by atoms with Gasteiger partial charge < -0.3 is 14.7 Å². The van der Waals surface area contributed by atoms with E-state index in [1.165, 1.54) is 12.8 Å². The number of ether oxygens (including phenoxy) is 1. The standard InChI is InChI=1S/C13H25NO3/c1-13(2,3)17-12(16)14(4)11(9-15)10-7-5-6-8-10/h10-11,15H,5-9H2,1-4H3. The molecule has 1 aliphatic carbocycles. The fourth-order valence-electron chi connectivity index (χ4n) is 2.40. The Hall–Kier alpha value is -0.770. The minimum Gasteiger partial charge on any atom is -0.444 e. The second-order valence-electron chi connectivity index (χ2n) is 5.89. The highest BCUT2D eigenvalue weighted by Crippen LogP contribution is 2.30. The molecule has 0 aromatic rings. The lowest BCUT2D eigenvalue weighted by Gasteiger charge is -2.33. The highest BCUT2D eigenvalue weighted by atomic mass is 16.6. The second kappa shape index (κ2) is 5.71. The SMILES string of the molecule is CN(C(=O)OC(C)(C)C)C(CO)C1CCCC1. The number of hydrogen-bond acceptors (Lipinski definition) is 3. The van der Waals surface area contributed by atoms with Crippen molar-refractivity contribution in [3.63, 3.8) is 0 Å². The molecule has 0 bridgehead atoms. The molecule has 4 nitrogen and oxygen atoms in total. The van der Waals surface area contributed by atoms with Crippen molar-refractivity contribution in [2.24, 2.45) is 5.92 Å². The Morgan fingerprint density at radius 3 is 2.35 bits per heavy atom. The molecule has 0 saturated heterocycles. The molecular weight excluding hydrogens is 218 g/mol. The molecule has 1 fully saturated rings. The van der Waals surface area contributed by atoms with Crippen molar-refractivity contribution >= 4 is 6.09 Å². The van der Waals surface area contributed by atoms with Gasteiger partial charge in [0.15, 0.2) is 0 Å². The molecule has 1 aliphatic rings. The summed E-state index contributed by atoms with van der Waals surface area (Å²) >= 11 is 0. The highest BCUT2D eigenvalue weighted by Gasteiger charge is 2.32. The lowest BCUT2D eigenvalue weighted by atomic mass is 9.98. The molecule has 0 spiro atoms. The number of rotatable bonds is 3. The van der Waals surface area contributed by atoms with Gasteiger partial charge in [-0.2, -0.15) is 0 Å². The van der Waals surface area contributed by atoms with Gasteiger partial charge in [0, 0.05) is 7.05 Å². The van der Waals surface area contributed by atoms with Crippen LogP contribution >= 0.6 is 0 Å². The molecule has 1 N–H and O–H groups in total. The van der Waals surface area contributed by atoms with E-state index in [2.05, 4.69) is 0 Å². The number of carbonyl (C=O) groups is 1. The topological polar surface area (TPSA) is 49.8 Å². The minimum atomic E-state index is -0.485. The maximum Gasteiger partial charge on any atom is 0.410 e. The van der Waals surface area contributed by atoms with Gasteiger partial charge in [-0.3, -0.25) is 0 Å². The van der Waals surface area contributed by atoms with Crippen LogP contribution in [0.2, 0.25) is 0 Å². The lowest BCUT2D eigenvalue weighted by molar-refractivity contribution is 0.00830. The molecule has 0 aliphatic heterocycles. The number of likely N-dealkylation sites (N-methyl/N-ethyl adjacent to an activating group) is 1. The van der Waals surface area contributed by atoms with Crippen LogP contribution in [0.4, 0.5) is 4.79 Å². The Kier molecular flexibility index (Phi) is 4.80. The maximum absolute atomic E-state index is 11.9. The van der Waals surface area contributed by atoms with Crippen molar-refractivity contribution in [2.45, 2.75) is 58.1 Å². The van der Waals surface area contributed by atoms with E-state index in [4.69, 9.17) is 4.74 Å². The van der Waals surface area contributed by atoms with Crippen LogP contribution < -0.4 is 0 Å². The first-order valence-electron chi connectivity index (χ1n) is 6.42. The fraction of sp³-hybridized carbons (Fsp3) is 0.923. The van der Waals surface area contributed by atoms with Gasteiger partial charge in [-0.05, 0) is 39.5 Å². The third-order valence-electron chi connectivity index (χ3n) is 3.31. The van der Waals surface area contributed by atoms with Gasteiger partial charge in [0.25, 0.3) is 0 Å². The van der Waals surface area contributed by atoms with Gasteiger partial charge in [0.1, 0.15) is 5.60 Å². The largest absolute Gasteiger partial charge is 0.444 e. The summed E-state index contributed by atoms with van der Waals surface area (Å²) < 4.78 is 5.32. The van der Waals surface area contributed by atoms with Crippen LogP contribution in [0, 0.1) is 5.92 Å². The van der Waals surface area contributed by atoms with E-state index in [0.717, 1.165) is 12.8 Å². The van der Waals surface area contributed by atoms with Crippen LogP contribution in [0.25, 0.3) is 0 Å². The molecule has 0 radical (unpaired) electrons. The van der Waals surface area contributed by atoms with Gasteiger partial charge in [0.2, 0.25) is 0 Å². The molecule has 100 valence electrons. The van der Waals surface area contributed by atoms with E-state index in [-0.39, 0.29) is 18.7 Å². The molecule has 1 saturated carbocycles. The summed E-state index contributed by atoms with van der Waals surface area (Å²) in [5, 5.41) is 9.45. The predicted octanol–water partition coefficient (Wildman–Crippen LogP) is 2.40. The van der Waals surface area contributed by atoms with E-state index < -0.39 is 5.60 Å². The van der Waals surface area contributed by atoms with Gasteiger partial charge in [-0.25, -0.2) is 4.79 Å². The molecule has 4 heteroatoms. The maximum atomic E-state index is 11.9. The van der Waals surface area contributed by atoms with Crippen LogP contribution in [-0.2, 0) is 4.74 Å². The zero-order chi connectivity index (χ0) is 13.1. The number of nitrogens with zero attached hydrogens (tertiary/aromatic N) is 1. The van der Waals surface area contributed by atoms with Crippen LogP contribution in [-0.4, -0.2) is 41.4 Å². The van der Waals surface area contributed by atoms with Crippen LogP contribution in [0.1, 0.15) is 46.5 Å². The number of carbonyl (C=O) groups excluding carboxylic acids is 1. The number of amides is 1. The number of aliphatic hydroxyl groups is 1. The molecule has 0 aromatic carbocycles. The van der Waals surface area contributed by atoms with Crippen LogP contribution in [0.3, 0.4) is 0 Å². The molecule has 0 heterocycles. The number of aliphatic hydroxyl groups excluding tert-OH is 1. The Bertz CT molecular complexity index is 254. The number of hydrogen-bond donors (Lipinski definition) is 1. The Labute approximate surface area is 104 Å². The molecule has 1 rings (SSSR count). The molecule has 1 unspecified atom stereocenters. The Balaban J connectivity index is 2.58. The second-order valence-corrected chi connectivity index (χ2v) is 5.89. The van der Waals surface area contributed by atoms with E-state index in [9.17, 15) is 9.90 Å². The average molecular weight is 243 g/mol. The fourth-order valence-corrected chi connectivity index (χ4v) is 2.40. The molecule has 1 atom stereocenters. The summed E-state index contributed by atoms with van der Waals surface area (Å²) in [6.45, 7) is 5.56. The van der Waals surface area contributed by atoms with E-state index in [0.29, 0.717) is 5.92 Å². The van der Waals surface area contributed by atoms with Crippen molar-refractivity contribution in [1.82, 2.24) is 4.90 Å². The van der Waals surface area contributed by atoms with Gasteiger partial charge in [-0.1, -0.05) is 12.8 Å². The summed E-state index contributed by atoms with van der Waals surface area (Å²) in [4.78, 5) is 13.5. The first-order chi connectivity index (χ1) is 7.85. The summed E-state index contributed by atoms with van der Waals surface area (Å²) in [5.41, 5.74) is -0.485. The summed E-state index contributed by atoms with van der Waals surface area (Å²) in [6, 6.07) is -0.104. The third-order valence-corrected chi connectivity index (χ3v) is 3.31. The van der Waals surface area contributed by atoms with Gasteiger partial charge in [0.05, 0.1) is 12.6 Å². The van der Waals surface area contributed by atoms with Crippen LogP contribution in [0.5, 0.6) is 0 Å². The smallest absolute Gasteiger partial charge is 0.410 e.